The van der Waals surface area contributed by atoms with Crippen LogP contribution in [0.4, 0.5) is 0 Å². The first-order chi connectivity index (χ1) is 21.3. The van der Waals surface area contributed by atoms with Crippen LogP contribution < -0.4 is 11.1 Å². The Kier molecular flexibility index (Phi) is 10.1. The summed E-state index contributed by atoms with van der Waals surface area (Å²) in [5, 5.41) is 12.4. The number of likely N-dealkylation sites (tertiary alicyclic amines) is 2. The molecule has 2 saturated heterocycles. The van der Waals surface area contributed by atoms with Crippen molar-refractivity contribution in [2.45, 2.75) is 69.1 Å². The van der Waals surface area contributed by atoms with Crippen LogP contribution in [-0.4, -0.2) is 75.7 Å². The summed E-state index contributed by atoms with van der Waals surface area (Å²) in [6, 6.07) is 22.4. The molecule has 4 N–H and O–H groups in total. The Morgan fingerprint density at radius 3 is 1.98 bits per heavy atom. The van der Waals surface area contributed by atoms with Crippen molar-refractivity contribution in [3.8, 4) is 5.75 Å². The Labute approximate surface area is 258 Å². The van der Waals surface area contributed by atoms with Crippen molar-refractivity contribution >= 4 is 23.5 Å². The van der Waals surface area contributed by atoms with Crippen molar-refractivity contribution in [1.29, 1.82) is 0 Å². The Balaban J connectivity index is 1.29. The molecule has 0 aliphatic carbocycles. The summed E-state index contributed by atoms with van der Waals surface area (Å²) in [6.45, 7) is 0.880. The molecule has 2 fully saturated rings. The molecule has 2 heterocycles. The van der Waals surface area contributed by atoms with E-state index in [0.717, 1.165) is 23.1 Å². The van der Waals surface area contributed by atoms with Crippen LogP contribution in [0.1, 0.15) is 42.4 Å². The number of nitrogens with zero attached hydrogens (tertiary/aromatic N) is 2. The standard InChI is InChI=1S/C35H40N4O5/c36-28(21-26-15-17-27(40)18-16-26)33(42)37-29(22-24-9-3-1-4-10-24)34(43)39-20-8-14-31(39)35(44)38-19-7-13-30(38)32(41)23-25-11-5-2-6-12-25/h1-6,9-12,15-18,28-31,40H,7-8,13-14,19-23,36H2,(H,37,42)/t28-,29-,30+,31-/m0/s1. The monoisotopic (exact) mass is 596 g/mol. The summed E-state index contributed by atoms with van der Waals surface area (Å²) in [7, 11) is 0. The minimum absolute atomic E-state index is 0.00903. The molecule has 0 aromatic heterocycles. The number of benzene rings is 3. The van der Waals surface area contributed by atoms with Crippen LogP contribution in [0.25, 0.3) is 0 Å². The molecule has 2 aliphatic heterocycles. The number of rotatable bonds is 11. The van der Waals surface area contributed by atoms with Crippen LogP contribution >= 0.6 is 0 Å². The van der Waals surface area contributed by atoms with Gasteiger partial charge in [0.1, 0.15) is 17.8 Å². The van der Waals surface area contributed by atoms with Gasteiger partial charge in [-0.2, -0.15) is 0 Å². The van der Waals surface area contributed by atoms with Gasteiger partial charge in [0.25, 0.3) is 0 Å². The molecular formula is C35H40N4O5. The average molecular weight is 597 g/mol. The fourth-order valence-electron chi connectivity index (χ4n) is 6.27. The average Bonchev–Trinajstić information content (AvgIpc) is 3.73. The second kappa shape index (κ2) is 14.3. The van der Waals surface area contributed by atoms with E-state index in [9.17, 15) is 24.3 Å². The highest BCUT2D eigenvalue weighted by molar-refractivity contribution is 5.96. The van der Waals surface area contributed by atoms with Gasteiger partial charge in [0.05, 0.1) is 12.1 Å². The zero-order valence-electron chi connectivity index (χ0n) is 24.8. The summed E-state index contributed by atoms with van der Waals surface area (Å²) in [5.41, 5.74) is 8.81. The summed E-state index contributed by atoms with van der Waals surface area (Å²) in [5.74, 6) is -0.874. The van der Waals surface area contributed by atoms with Gasteiger partial charge < -0.3 is 26.0 Å². The lowest BCUT2D eigenvalue weighted by Crippen LogP contribution is -2.57. The zero-order chi connectivity index (χ0) is 31.1. The molecule has 9 nitrogen and oxygen atoms in total. The number of nitrogens with one attached hydrogen (secondary N) is 1. The fraction of sp³-hybridized carbons (Fsp3) is 0.371. The third-order valence-electron chi connectivity index (χ3n) is 8.58. The number of amides is 3. The van der Waals surface area contributed by atoms with Crippen LogP contribution in [-0.2, 0) is 38.4 Å². The van der Waals surface area contributed by atoms with Crippen molar-refractivity contribution in [2.75, 3.05) is 13.1 Å². The topological polar surface area (TPSA) is 133 Å². The molecule has 5 rings (SSSR count). The number of nitrogens with two attached hydrogens (primary N) is 1. The van der Waals surface area contributed by atoms with Gasteiger partial charge in [0.15, 0.2) is 5.78 Å². The molecule has 0 bridgehead atoms. The van der Waals surface area contributed by atoms with Gasteiger partial charge in [-0.1, -0.05) is 72.8 Å². The molecular weight excluding hydrogens is 556 g/mol. The van der Waals surface area contributed by atoms with E-state index in [2.05, 4.69) is 5.32 Å². The number of carbonyl (C=O) groups is 4. The van der Waals surface area contributed by atoms with E-state index in [1.165, 1.54) is 12.1 Å². The van der Waals surface area contributed by atoms with E-state index in [4.69, 9.17) is 5.73 Å². The number of Topliss-reactive ketones (excluding diaryl/α,β-unsaturated/α-hetero) is 1. The Bertz CT molecular complexity index is 1450. The van der Waals surface area contributed by atoms with Crippen molar-refractivity contribution in [1.82, 2.24) is 15.1 Å². The lowest BCUT2D eigenvalue weighted by Gasteiger charge is -2.33. The molecule has 3 aromatic carbocycles. The van der Waals surface area contributed by atoms with Crippen LogP contribution in [0.2, 0.25) is 0 Å². The number of phenolic OH excluding ortho intramolecular Hbond substituents is 1. The summed E-state index contributed by atoms with van der Waals surface area (Å²) in [6.07, 6.45) is 3.26. The van der Waals surface area contributed by atoms with E-state index < -0.39 is 30.1 Å². The largest absolute Gasteiger partial charge is 0.508 e. The fourth-order valence-corrected chi connectivity index (χ4v) is 6.27. The normalized spacial score (nSPS) is 19.4. The van der Waals surface area contributed by atoms with Crippen molar-refractivity contribution in [2.24, 2.45) is 5.73 Å². The molecule has 3 amide bonds. The third-order valence-corrected chi connectivity index (χ3v) is 8.58. The van der Waals surface area contributed by atoms with E-state index in [1.807, 2.05) is 60.7 Å². The molecule has 0 saturated carbocycles. The number of phenols is 1. The van der Waals surface area contributed by atoms with Gasteiger partial charge in [-0.3, -0.25) is 19.2 Å². The minimum Gasteiger partial charge on any atom is -0.508 e. The predicted octanol–water partition coefficient (Wildman–Crippen LogP) is 2.78. The van der Waals surface area contributed by atoms with Crippen LogP contribution in [0.3, 0.4) is 0 Å². The van der Waals surface area contributed by atoms with E-state index in [1.54, 1.807) is 21.9 Å². The van der Waals surface area contributed by atoms with E-state index in [-0.39, 0.29) is 42.6 Å². The lowest BCUT2D eigenvalue weighted by atomic mass is 10.0. The number of hydrogen-bond acceptors (Lipinski definition) is 6. The van der Waals surface area contributed by atoms with E-state index in [0.29, 0.717) is 32.4 Å². The highest BCUT2D eigenvalue weighted by Gasteiger charge is 2.43. The molecule has 0 spiro atoms. The quantitative estimate of drug-likeness (QED) is 0.312. The van der Waals surface area contributed by atoms with Crippen molar-refractivity contribution < 1.29 is 24.3 Å². The van der Waals surface area contributed by atoms with Crippen molar-refractivity contribution in [3.63, 3.8) is 0 Å². The maximum absolute atomic E-state index is 14.1. The van der Waals surface area contributed by atoms with Gasteiger partial charge in [-0.25, -0.2) is 0 Å². The highest BCUT2D eigenvalue weighted by atomic mass is 16.3. The SMILES string of the molecule is N[C@@H](Cc1ccc(O)cc1)C(=O)N[C@@H](Cc1ccccc1)C(=O)N1CCC[C@H]1C(=O)N1CCC[C@@H]1C(=O)Cc1ccccc1. The zero-order valence-corrected chi connectivity index (χ0v) is 24.8. The second-order valence-corrected chi connectivity index (χ2v) is 11.7. The maximum atomic E-state index is 14.1. The van der Waals surface area contributed by atoms with Gasteiger partial charge in [-0.15, -0.1) is 0 Å². The predicted molar refractivity (Wildman–Crippen MR) is 166 cm³/mol. The molecule has 2 aliphatic rings. The number of aromatic hydroxyl groups is 1. The summed E-state index contributed by atoms with van der Waals surface area (Å²) in [4.78, 5) is 57.8. The maximum Gasteiger partial charge on any atom is 0.246 e. The first kappa shape index (κ1) is 30.9. The Morgan fingerprint density at radius 2 is 1.32 bits per heavy atom. The second-order valence-electron chi connectivity index (χ2n) is 11.7. The molecule has 0 unspecified atom stereocenters. The molecule has 230 valence electrons. The number of ketones is 1. The molecule has 3 aromatic rings. The molecule has 9 heteroatoms. The number of carbonyl (C=O) groups excluding carboxylic acids is 4. The third kappa shape index (κ3) is 7.52. The summed E-state index contributed by atoms with van der Waals surface area (Å²) >= 11 is 0. The minimum atomic E-state index is -0.918. The first-order valence-electron chi connectivity index (χ1n) is 15.4. The smallest absolute Gasteiger partial charge is 0.246 e. The van der Waals surface area contributed by atoms with Crippen LogP contribution in [0, 0.1) is 0 Å². The molecule has 4 atom stereocenters. The molecule has 44 heavy (non-hydrogen) atoms. The highest BCUT2D eigenvalue weighted by Crippen LogP contribution is 2.27. The molecule has 0 radical (unpaired) electrons. The first-order valence-corrected chi connectivity index (χ1v) is 15.4. The van der Waals surface area contributed by atoms with Crippen LogP contribution in [0.15, 0.2) is 84.9 Å². The van der Waals surface area contributed by atoms with Crippen LogP contribution in [0.5, 0.6) is 5.75 Å². The van der Waals surface area contributed by atoms with Gasteiger partial charge >= 0.3 is 0 Å². The Hall–Kier alpha value is -4.50. The number of hydrogen-bond donors (Lipinski definition) is 3. The van der Waals surface area contributed by atoms with Crippen molar-refractivity contribution in [3.05, 3.63) is 102 Å². The lowest BCUT2D eigenvalue weighted by molar-refractivity contribution is -0.147. The Morgan fingerprint density at radius 1 is 0.750 bits per heavy atom. The van der Waals surface area contributed by atoms with Gasteiger partial charge in [-0.05, 0) is 60.9 Å². The van der Waals surface area contributed by atoms with Gasteiger partial charge in [0.2, 0.25) is 17.7 Å². The van der Waals surface area contributed by atoms with Gasteiger partial charge in [0, 0.05) is 25.9 Å². The van der Waals surface area contributed by atoms with E-state index >= 15 is 0 Å². The summed E-state index contributed by atoms with van der Waals surface area (Å²) < 4.78 is 0.